The standard InChI is InChI=1S/C20H17ClF2NO4PS.2C2H6/c1-27-28-29(2,26)19(15-11-30-18-6-4-13(21)10-14(15)18)20(25)24-8-7-12-3-5-16(22)17(23)9-12;2*1-2/h3-11,19H,1-2H3,(H,24,25);2*1-2H3/b8-7+;;. The van der Waals surface area contributed by atoms with Crippen molar-refractivity contribution in [3.63, 3.8) is 0 Å². The first-order valence-corrected chi connectivity index (χ1v) is 14.0. The Morgan fingerprint density at radius 2 is 1.79 bits per heavy atom. The van der Waals surface area contributed by atoms with Gasteiger partial charge < -0.3 is 5.32 Å². The number of hydrogen-bond donors (Lipinski definition) is 1. The molecule has 0 radical (unpaired) electrons. The minimum Gasteiger partial charge on any atom is -0.332 e. The Morgan fingerprint density at radius 1 is 1.12 bits per heavy atom. The van der Waals surface area contributed by atoms with Gasteiger partial charge in [-0.15, -0.1) is 11.3 Å². The lowest BCUT2D eigenvalue weighted by atomic mass is 10.1. The van der Waals surface area contributed by atoms with Crippen molar-refractivity contribution < 1.29 is 27.7 Å². The van der Waals surface area contributed by atoms with Gasteiger partial charge in [0.15, 0.2) is 11.6 Å². The highest BCUT2D eigenvalue weighted by atomic mass is 35.5. The molecule has 0 saturated heterocycles. The molecule has 0 saturated carbocycles. The second-order valence-electron chi connectivity index (χ2n) is 6.40. The van der Waals surface area contributed by atoms with Gasteiger partial charge in [-0.25, -0.2) is 13.7 Å². The van der Waals surface area contributed by atoms with Crippen LogP contribution in [0.5, 0.6) is 0 Å². The molecule has 0 aliphatic rings. The van der Waals surface area contributed by atoms with E-state index in [1.807, 2.05) is 33.8 Å². The summed E-state index contributed by atoms with van der Waals surface area (Å²) < 4.78 is 45.3. The smallest absolute Gasteiger partial charge is 0.248 e. The number of nitrogens with one attached hydrogen (secondary N) is 1. The SMILES string of the molecule is CC.CC.COOP(C)(=O)C(C(=O)N/C=C/c1ccc(F)c(F)c1)c1csc2ccc(Cl)cc12. The Hall–Kier alpha value is -2.09. The van der Waals surface area contributed by atoms with Crippen molar-refractivity contribution in [3.05, 3.63) is 75.8 Å². The topological polar surface area (TPSA) is 64.6 Å². The second kappa shape index (κ2) is 14.3. The lowest BCUT2D eigenvalue weighted by Gasteiger charge is -2.21. The molecule has 0 aliphatic heterocycles. The molecule has 3 aromatic rings. The van der Waals surface area contributed by atoms with Gasteiger partial charge >= 0.3 is 0 Å². The number of carbonyl (C=O) groups excluding carboxylic acids is 1. The largest absolute Gasteiger partial charge is 0.332 e. The summed E-state index contributed by atoms with van der Waals surface area (Å²) in [4.78, 5) is 17.6. The van der Waals surface area contributed by atoms with Crippen molar-refractivity contribution >= 4 is 52.4 Å². The number of thiophene rings is 1. The monoisotopic (exact) mass is 531 g/mol. The van der Waals surface area contributed by atoms with E-state index in [0.717, 1.165) is 16.8 Å². The molecule has 3 rings (SSSR count). The van der Waals surface area contributed by atoms with E-state index in [1.54, 1.807) is 17.5 Å². The molecule has 1 heterocycles. The number of benzene rings is 2. The molecule has 34 heavy (non-hydrogen) atoms. The van der Waals surface area contributed by atoms with Gasteiger partial charge in [-0.2, -0.15) is 4.67 Å². The zero-order valence-corrected chi connectivity index (χ0v) is 22.4. The summed E-state index contributed by atoms with van der Waals surface area (Å²) in [6.07, 6.45) is 2.65. The Balaban J connectivity index is 0.00000137. The fourth-order valence-electron chi connectivity index (χ4n) is 2.95. The minimum atomic E-state index is -3.61. The third kappa shape index (κ3) is 7.72. The Kier molecular flexibility index (Phi) is 12.6. The molecule has 0 spiro atoms. The Labute approximate surface area is 208 Å². The van der Waals surface area contributed by atoms with Crippen molar-refractivity contribution in [1.82, 2.24) is 5.32 Å². The van der Waals surface area contributed by atoms with Crippen LogP contribution in [0.2, 0.25) is 5.02 Å². The molecule has 186 valence electrons. The molecule has 2 atom stereocenters. The molecular formula is C24H29ClF2NO4PS. The van der Waals surface area contributed by atoms with Gasteiger partial charge in [0.1, 0.15) is 5.66 Å². The summed E-state index contributed by atoms with van der Waals surface area (Å²) in [6, 6.07) is 8.54. The first-order valence-electron chi connectivity index (χ1n) is 10.6. The highest BCUT2D eigenvalue weighted by molar-refractivity contribution is 7.59. The number of hydrogen-bond acceptors (Lipinski definition) is 5. The average Bonchev–Trinajstić information content (AvgIpc) is 3.21. The van der Waals surface area contributed by atoms with Crippen molar-refractivity contribution in [2.75, 3.05) is 13.8 Å². The van der Waals surface area contributed by atoms with Crippen LogP contribution < -0.4 is 5.32 Å². The maximum atomic E-state index is 13.3. The van der Waals surface area contributed by atoms with E-state index in [1.165, 1.54) is 43.5 Å². The van der Waals surface area contributed by atoms with E-state index < -0.39 is 30.6 Å². The summed E-state index contributed by atoms with van der Waals surface area (Å²) >= 11 is 7.47. The van der Waals surface area contributed by atoms with Crippen molar-refractivity contribution in [1.29, 1.82) is 0 Å². The van der Waals surface area contributed by atoms with Crippen LogP contribution in [0.25, 0.3) is 16.2 Å². The zero-order valence-electron chi connectivity index (χ0n) is 19.9. The molecule has 2 unspecified atom stereocenters. The summed E-state index contributed by atoms with van der Waals surface area (Å²) in [6.45, 7) is 9.30. The van der Waals surface area contributed by atoms with Crippen LogP contribution in [0.15, 0.2) is 48.0 Å². The van der Waals surface area contributed by atoms with Crippen LogP contribution >= 0.6 is 30.3 Å². The van der Waals surface area contributed by atoms with E-state index in [4.69, 9.17) is 16.3 Å². The molecule has 1 N–H and O–H groups in total. The number of fused-ring (bicyclic) bond motifs is 1. The summed E-state index contributed by atoms with van der Waals surface area (Å²) in [7, 11) is -2.40. The highest BCUT2D eigenvalue weighted by Gasteiger charge is 2.39. The molecule has 1 amide bonds. The quantitative estimate of drug-likeness (QED) is 0.189. The minimum absolute atomic E-state index is 0.339. The van der Waals surface area contributed by atoms with E-state index >= 15 is 0 Å². The average molecular weight is 532 g/mol. The lowest BCUT2D eigenvalue weighted by Crippen LogP contribution is -2.25. The molecule has 0 fully saturated rings. The Bertz CT molecular complexity index is 1170. The molecule has 1 aromatic heterocycles. The summed E-state index contributed by atoms with van der Waals surface area (Å²) in [5.74, 6) is -2.59. The number of carbonyl (C=O) groups is 1. The number of amides is 1. The first-order chi connectivity index (χ1) is 16.2. The van der Waals surface area contributed by atoms with Crippen molar-refractivity contribution in [3.8, 4) is 0 Å². The lowest BCUT2D eigenvalue weighted by molar-refractivity contribution is -0.177. The van der Waals surface area contributed by atoms with E-state index in [2.05, 4.69) is 10.2 Å². The van der Waals surface area contributed by atoms with Crippen LogP contribution in [-0.4, -0.2) is 19.7 Å². The highest BCUT2D eigenvalue weighted by Crippen LogP contribution is 2.59. The van der Waals surface area contributed by atoms with Gasteiger partial charge in [-0.1, -0.05) is 45.4 Å². The van der Waals surface area contributed by atoms with Crippen LogP contribution in [0.4, 0.5) is 8.78 Å². The molecular weight excluding hydrogens is 503 g/mol. The molecule has 2 aromatic carbocycles. The molecule has 5 nitrogen and oxygen atoms in total. The number of rotatable bonds is 7. The van der Waals surface area contributed by atoms with Crippen LogP contribution in [0.3, 0.4) is 0 Å². The molecule has 0 bridgehead atoms. The van der Waals surface area contributed by atoms with E-state index in [0.29, 0.717) is 21.5 Å². The molecule has 10 heteroatoms. The van der Waals surface area contributed by atoms with Gasteiger partial charge in [0.05, 0.1) is 7.11 Å². The van der Waals surface area contributed by atoms with Gasteiger partial charge in [0.25, 0.3) is 0 Å². The van der Waals surface area contributed by atoms with E-state index in [-0.39, 0.29) is 0 Å². The fraction of sp³-hybridized carbons (Fsp3) is 0.292. The predicted octanol–water partition coefficient (Wildman–Crippen LogP) is 8.20. The Morgan fingerprint density at radius 3 is 2.41 bits per heavy atom. The molecule has 0 aliphatic carbocycles. The van der Waals surface area contributed by atoms with E-state index in [9.17, 15) is 18.1 Å². The van der Waals surface area contributed by atoms with Crippen LogP contribution in [0.1, 0.15) is 44.5 Å². The van der Waals surface area contributed by atoms with Crippen LogP contribution in [-0.2, 0) is 18.9 Å². The predicted molar refractivity (Wildman–Crippen MR) is 137 cm³/mol. The van der Waals surface area contributed by atoms with Crippen molar-refractivity contribution in [2.45, 2.75) is 33.4 Å². The number of halogens is 3. The normalized spacial score (nSPS) is 13.3. The summed E-state index contributed by atoms with van der Waals surface area (Å²) in [5, 5.41) is 5.40. The van der Waals surface area contributed by atoms with Crippen LogP contribution in [0, 0.1) is 11.6 Å². The van der Waals surface area contributed by atoms with Gasteiger partial charge in [-0.05, 0) is 58.3 Å². The van der Waals surface area contributed by atoms with Gasteiger partial charge in [0.2, 0.25) is 13.3 Å². The van der Waals surface area contributed by atoms with Gasteiger partial charge in [0, 0.05) is 22.6 Å². The second-order valence-corrected chi connectivity index (χ2v) is 10.2. The first kappa shape index (κ1) is 29.9. The third-order valence-electron chi connectivity index (χ3n) is 4.24. The summed E-state index contributed by atoms with van der Waals surface area (Å²) in [5.41, 5.74) is -0.357. The fourth-order valence-corrected chi connectivity index (χ4v) is 5.79. The maximum Gasteiger partial charge on any atom is 0.248 e. The maximum absolute atomic E-state index is 13.3. The van der Waals surface area contributed by atoms with Crippen molar-refractivity contribution in [2.24, 2.45) is 0 Å². The third-order valence-corrected chi connectivity index (χ3v) is 7.36. The zero-order chi connectivity index (χ0) is 25.9. The van der Waals surface area contributed by atoms with Gasteiger partial charge in [-0.3, -0.25) is 9.36 Å².